The van der Waals surface area contributed by atoms with Crippen molar-refractivity contribution in [1.29, 1.82) is 0 Å². The maximum absolute atomic E-state index is 11.9. The van der Waals surface area contributed by atoms with Gasteiger partial charge in [0.15, 0.2) is 0 Å². The van der Waals surface area contributed by atoms with Crippen LogP contribution < -0.4 is 10.1 Å². The van der Waals surface area contributed by atoms with E-state index in [9.17, 15) is 4.79 Å². The maximum atomic E-state index is 11.9. The number of hydrogen-bond donors (Lipinski definition) is 1. The fourth-order valence-electron chi connectivity index (χ4n) is 3.44. The Bertz CT molecular complexity index is 691. The summed E-state index contributed by atoms with van der Waals surface area (Å²) in [5.41, 5.74) is 0.858. The van der Waals surface area contributed by atoms with Crippen LogP contribution in [0.2, 0.25) is 0 Å². The number of ether oxygens (including phenoxy) is 1. The fraction of sp³-hybridized carbons (Fsp3) is 0.550. The van der Waals surface area contributed by atoms with Gasteiger partial charge in [-0.05, 0) is 43.0 Å². The molecule has 140 valence electrons. The molecule has 1 aromatic carbocycles. The van der Waals surface area contributed by atoms with E-state index in [1.54, 1.807) is 7.11 Å². The van der Waals surface area contributed by atoms with Gasteiger partial charge in [0.1, 0.15) is 5.75 Å². The number of nitrogens with one attached hydrogen (secondary N) is 1. The molecule has 1 aromatic heterocycles. The molecule has 1 N–H and O–H groups in total. The summed E-state index contributed by atoms with van der Waals surface area (Å²) in [5, 5.41) is 6.97. The molecule has 1 aliphatic carbocycles. The van der Waals surface area contributed by atoms with Crippen molar-refractivity contribution in [1.82, 2.24) is 15.5 Å². The van der Waals surface area contributed by atoms with Gasteiger partial charge in [-0.3, -0.25) is 4.79 Å². The summed E-state index contributed by atoms with van der Waals surface area (Å²) < 4.78 is 10.4. The first-order valence-electron chi connectivity index (χ1n) is 9.48. The topological polar surface area (TPSA) is 77.2 Å². The van der Waals surface area contributed by atoms with Gasteiger partial charge in [0.2, 0.25) is 17.6 Å². The molecule has 26 heavy (non-hydrogen) atoms. The predicted molar refractivity (Wildman–Crippen MR) is 98.8 cm³/mol. The summed E-state index contributed by atoms with van der Waals surface area (Å²) in [7, 11) is 1.63. The third kappa shape index (κ3) is 5.31. The number of aromatic nitrogens is 2. The second kappa shape index (κ2) is 9.36. The molecule has 0 aliphatic heterocycles. The molecule has 0 saturated heterocycles. The first-order valence-corrected chi connectivity index (χ1v) is 9.48. The molecule has 6 heteroatoms. The highest BCUT2D eigenvalue weighted by atomic mass is 16.5. The van der Waals surface area contributed by atoms with E-state index in [4.69, 9.17) is 9.26 Å². The lowest BCUT2D eigenvalue weighted by Gasteiger charge is -2.08. The minimum Gasteiger partial charge on any atom is -0.497 e. The molecule has 0 bridgehead atoms. The summed E-state index contributed by atoms with van der Waals surface area (Å²) in [4.78, 5) is 16.3. The summed E-state index contributed by atoms with van der Waals surface area (Å²) in [6.45, 7) is 0.760. The van der Waals surface area contributed by atoms with Crippen molar-refractivity contribution in [2.24, 2.45) is 5.92 Å². The van der Waals surface area contributed by atoms with Crippen LogP contribution in [-0.4, -0.2) is 29.7 Å². The zero-order chi connectivity index (χ0) is 18.2. The molecular formula is C20H27N3O3. The molecule has 3 rings (SSSR count). The summed E-state index contributed by atoms with van der Waals surface area (Å²) in [5.74, 6) is 2.71. The Morgan fingerprint density at radius 3 is 2.77 bits per heavy atom. The van der Waals surface area contributed by atoms with Gasteiger partial charge in [0.25, 0.3) is 0 Å². The minimum atomic E-state index is 0.0422. The quantitative estimate of drug-likeness (QED) is 0.691. The summed E-state index contributed by atoms with van der Waals surface area (Å²) in [6, 6.07) is 7.46. The van der Waals surface area contributed by atoms with Crippen LogP contribution >= 0.6 is 0 Å². The zero-order valence-corrected chi connectivity index (χ0v) is 15.4. The van der Waals surface area contributed by atoms with Crippen molar-refractivity contribution in [3.63, 3.8) is 0 Å². The smallest absolute Gasteiger partial charge is 0.227 e. The highest BCUT2D eigenvalue weighted by Gasteiger charge is 2.14. The predicted octanol–water partition coefficient (Wildman–Crippen LogP) is 3.76. The van der Waals surface area contributed by atoms with E-state index in [2.05, 4.69) is 15.5 Å². The van der Waals surface area contributed by atoms with Crippen molar-refractivity contribution >= 4 is 5.91 Å². The molecule has 1 aliphatic rings. The van der Waals surface area contributed by atoms with Crippen LogP contribution in [0.15, 0.2) is 28.8 Å². The molecule has 0 radical (unpaired) electrons. The Kier molecular flexibility index (Phi) is 6.63. The normalized spacial score (nSPS) is 14.5. The van der Waals surface area contributed by atoms with Crippen LogP contribution in [0.3, 0.4) is 0 Å². The molecular weight excluding hydrogens is 330 g/mol. The number of carbonyl (C=O) groups excluding carboxylic acids is 1. The van der Waals surface area contributed by atoms with E-state index in [0.717, 1.165) is 30.2 Å². The molecule has 2 aromatic rings. The second-order valence-corrected chi connectivity index (χ2v) is 6.88. The maximum Gasteiger partial charge on any atom is 0.227 e. The lowest BCUT2D eigenvalue weighted by Crippen LogP contribution is -2.25. The molecule has 1 fully saturated rings. The van der Waals surface area contributed by atoms with E-state index < -0.39 is 0 Å². The van der Waals surface area contributed by atoms with Crippen LogP contribution in [0.25, 0.3) is 11.4 Å². The molecule has 1 saturated carbocycles. The van der Waals surface area contributed by atoms with Crippen LogP contribution in [0, 0.1) is 5.92 Å². The monoisotopic (exact) mass is 357 g/mol. The van der Waals surface area contributed by atoms with E-state index in [-0.39, 0.29) is 5.91 Å². The largest absolute Gasteiger partial charge is 0.497 e. The van der Waals surface area contributed by atoms with Crippen molar-refractivity contribution in [3.8, 4) is 17.1 Å². The zero-order valence-electron chi connectivity index (χ0n) is 15.4. The first kappa shape index (κ1) is 18.4. The van der Waals surface area contributed by atoms with Crippen molar-refractivity contribution in [2.75, 3.05) is 13.7 Å². The Morgan fingerprint density at radius 1 is 1.27 bits per heavy atom. The van der Waals surface area contributed by atoms with Crippen molar-refractivity contribution in [2.45, 2.75) is 51.4 Å². The molecule has 1 amide bonds. The van der Waals surface area contributed by atoms with Gasteiger partial charge in [-0.25, -0.2) is 0 Å². The third-order valence-electron chi connectivity index (χ3n) is 4.97. The number of benzene rings is 1. The van der Waals surface area contributed by atoms with Gasteiger partial charge < -0.3 is 14.6 Å². The molecule has 0 unspecified atom stereocenters. The Morgan fingerprint density at radius 2 is 2.04 bits per heavy atom. The number of aryl methyl sites for hydroxylation is 1. The highest BCUT2D eigenvalue weighted by Crippen LogP contribution is 2.28. The lowest BCUT2D eigenvalue weighted by molar-refractivity contribution is -0.121. The van der Waals surface area contributed by atoms with Gasteiger partial charge in [0, 0.05) is 24.9 Å². The standard InChI is InChI=1S/C20H27N3O3/c1-25-17-10-8-16(9-11-17)20-22-19(26-23-20)13-12-18(24)21-14-4-7-15-5-2-3-6-15/h8-11,15H,2-7,12-14H2,1H3,(H,21,24). The van der Waals surface area contributed by atoms with Crippen LogP contribution in [-0.2, 0) is 11.2 Å². The van der Waals surface area contributed by atoms with Crippen LogP contribution in [0.4, 0.5) is 0 Å². The van der Waals surface area contributed by atoms with Crippen molar-refractivity contribution in [3.05, 3.63) is 30.2 Å². The average molecular weight is 357 g/mol. The minimum absolute atomic E-state index is 0.0422. The van der Waals surface area contributed by atoms with Gasteiger partial charge in [-0.1, -0.05) is 30.8 Å². The number of methoxy groups -OCH3 is 1. The second-order valence-electron chi connectivity index (χ2n) is 6.88. The van der Waals surface area contributed by atoms with Gasteiger partial charge in [-0.2, -0.15) is 4.98 Å². The van der Waals surface area contributed by atoms with Crippen molar-refractivity contribution < 1.29 is 14.1 Å². The van der Waals surface area contributed by atoms with Crippen LogP contribution in [0.5, 0.6) is 5.75 Å². The van der Waals surface area contributed by atoms with E-state index in [1.165, 1.54) is 32.1 Å². The number of hydrogen-bond acceptors (Lipinski definition) is 5. The van der Waals surface area contributed by atoms with E-state index in [0.29, 0.717) is 24.6 Å². The van der Waals surface area contributed by atoms with Gasteiger partial charge in [0.05, 0.1) is 7.11 Å². The van der Waals surface area contributed by atoms with Gasteiger partial charge >= 0.3 is 0 Å². The Labute approximate surface area is 154 Å². The summed E-state index contributed by atoms with van der Waals surface area (Å²) in [6.07, 6.45) is 8.60. The van der Waals surface area contributed by atoms with Gasteiger partial charge in [-0.15, -0.1) is 0 Å². The Balaban J connectivity index is 1.37. The number of carbonyl (C=O) groups is 1. The average Bonchev–Trinajstić information content (AvgIpc) is 3.35. The Hall–Kier alpha value is -2.37. The third-order valence-corrected chi connectivity index (χ3v) is 4.97. The first-order chi connectivity index (χ1) is 12.7. The fourth-order valence-corrected chi connectivity index (χ4v) is 3.44. The van der Waals surface area contributed by atoms with Crippen LogP contribution in [0.1, 0.15) is 50.8 Å². The van der Waals surface area contributed by atoms with E-state index >= 15 is 0 Å². The molecule has 0 spiro atoms. The van der Waals surface area contributed by atoms with E-state index in [1.807, 2.05) is 24.3 Å². The molecule has 0 atom stereocenters. The summed E-state index contributed by atoms with van der Waals surface area (Å²) >= 11 is 0. The number of nitrogens with zero attached hydrogens (tertiary/aromatic N) is 2. The lowest BCUT2D eigenvalue weighted by atomic mass is 10.0. The highest BCUT2D eigenvalue weighted by molar-refractivity contribution is 5.75. The number of rotatable bonds is 9. The SMILES string of the molecule is COc1ccc(-c2noc(CCC(=O)NCCCC3CCCC3)n2)cc1. The number of amides is 1. The molecule has 6 nitrogen and oxygen atoms in total. The molecule has 1 heterocycles.